The summed E-state index contributed by atoms with van der Waals surface area (Å²) in [4.78, 5) is 16.3. The van der Waals surface area contributed by atoms with Gasteiger partial charge in [-0.2, -0.15) is 0 Å². The number of nitrogens with one attached hydrogen (secondary N) is 1. The summed E-state index contributed by atoms with van der Waals surface area (Å²) in [6, 6.07) is 3.92. The molecule has 1 aliphatic rings. The van der Waals surface area contributed by atoms with Crippen molar-refractivity contribution in [1.82, 2.24) is 10.3 Å². The number of halogens is 1. The van der Waals surface area contributed by atoms with Gasteiger partial charge in [-0.1, -0.05) is 26.7 Å². The van der Waals surface area contributed by atoms with Gasteiger partial charge in [-0.3, -0.25) is 4.79 Å². The van der Waals surface area contributed by atoms with Crippen LogP contribution in [0.4, 0.5) is 0 Å². The van der Waals surface area contributed by atoms with Crippen LogP contribution in [0.2, 0.25) is 0 Å². The van der Waals surface area contributed by atoms with Crippen LogP contribution in [0.3, 0.4) is 0 Å². The minimum Gasteiger partial charge on any atom is -0.349 e. The number of aromatic nitrogens is 1. The van der Waals surface area contributed by atoms with Crippen LogP contribution in [0.1, 0.15) is 49.9 Å². The summed E-state index contributed by atoms with van der Waals surface area (Å²) in [6.07, 6.45) is 6.44. The number of carbonyl (C=O) groups excluding carboxylic acids is 1. The van der Waals surface area contributed by atoms with Gasteiger partial charge in [0, 0.05) is 12.2 Å². The van der Waals surface area contributed by atoms with Crippen LogP contribution in [0.15, 0.2) is 22.9 Å². The molecule has 1 amide bonds. The minimum atomic E-state index is -0.00227. The van der Waals surface area contributed by atoms with Crippen LogP contribution in [-0.4, -0.2) is 16.9 Å². The van der Waals surface area contributed by atoms with Crippen molar-refractivity contribution in [2.75, 3.05) is 0 Å². The van der Waals surface area contributed by atoms with Crippen molar-refractivity contribution in [3.8, 4) is 0 Å². The van der Waals surface area contributed by atoms with Crippen LogP contribution in [-0.2, 0) is 0 Å². The predicted octanol–water partition coefficient (Wildman–Crippen LogP) is 3.79. The number of hydrogen-bond acceptors (Lipinski definition) is 2. The van der Waals surface area contributed by atoms with Crippen molar-refractivity contribution in [2.24, 2.45) is 11.8 Å². The first-order valence-corrected chi connectivity index (χ1v) is 7.79. The molecule has 1 N–H and O–H groups in total. The fourth-order valence-corrected chi connectivity index (χ4v) is 3.13. The van der Waals surface area contributed by atoms with Gasteiger partial charge >= 0.3 is 0 Å². The lowest BCUT2D eigenvalue weighted by Crippen LogP contribution is -2.43. The summed E-state index contributed by atoms with van der Waals surface area (Å²) in [5.74, 6) is 1.22. The van der Waals surface area contributed by atoms with Crippen LogP contribution in [0, 0.1) is 11.8 Å². The van der Waals surface area contributed by atoms with Gasteiger partial charge in [0.25, 0.3) is 5.91 Å². The molecule has 1 aliphatic carbocycles. The largest absolute Gasteiger partial charge is 0.349 e. The number of amides is 1. The van der Waals surface area contributed by atoms with Gasteiger partial charge in [0.15, 0.2) is 0 Å². The molecule has 1 saturated carbocycles. The highest BCUT2D eigenvalue weighted by Crippen LogP contribution is 2.30. The molecule has 1 aromatic rings. The average molecular weight is 325 g/mol. The van der Waals surface area contributed by atoms with Gasteiger partial charge < -0.3 is 5.32 Å². The van der Waals surface area contributed by atoms with Gasteiger partial charge in [0.1, 0.15) is 4.60 Å². The van der Waals surface area contributed by atoms with Crippen molar-refractivity contribution in [3.05, 3.63) is 28.5 Å². The molecular formula is C15H21BrN2O. The lowest BCUT2D eigenvalue weighted by Gasteiger charge is -2.34. The Morgan fingerprint density at radius 3 is 2.74 bits per heavy atom. The van der Waals surface area contributed by atoms with Gasteiger partial charge in [0.05, 0.1) is 5.56 Å². The highest BCUT2D eigenvalue weighted by atomic mass is 79.9. The molecule has 0 aromatic carbocycles. The van der Waals surface area contributed by atoms with E-state index in [-0.39, 0.29) is 5.91 Å². The van der Waals surface area contributed by atoms with E-state index in [4.69, 9.17) is 0 Å². The Kier molecular flexibility index (Phi) is 4.97. The molecule has 1 aromatic heterocycles. The molecule has 2 unspecified atom stereocenters. The highest BCUT2D eigenvalue weighted by molar-refractivity contribution is 9.10. The summed E-state index contributed by atoms with van der Waals surface area (Å²) in [7, 11) is 0. The lowest BCUT2D eigenvalue weighted by molar-refractivity contribution is 0.0888. The van der Waals surface area contributed by atoms with E-state index in [1.165, 1.54) is 19.3 Å². The van der Waals surface area contributed by atoms with E-state index in [1.54, 1.807) is 18.3 Å². The molecule has 4 heteroatoms. The number of hydrogen-bond donors (Lipinski definition) is 1. The first kappa shape index (κ1) is 14.5. The Balaban J connectivity index is 2.02. The second kappa shape index (κ2) is 6.51. The minimum absolute atomic E-state index is 0.00227. The zero-order valence-corrected chi connectivity index (χ0v) is 13.1. The Morgan fingerprint density at radius 1 is 1.37 bits per heavy atom. The van der Waals surface area contributed by atoms with E-state index in [1.807, 2.05) is 0 Å². The molecule has 1 heterocycles. The Hall–Kier alpha value is -0.900. The molecule has 0 spiro atoms. The Labute approximate surface area is 123 Å². The van der Waals surface area contributed by atoms with E-state index in [9.17, 15) is 4.79 Å². The highest BCUT2D eigenvalue weighted by Gasteiger charge is 2.28. The van der Waals surface area contributed by atoms with Gasteiger partial charge in [0.2, 0.25) is 0 Å². The van der Waals surface area contributed by atoms with E-state index in [2.05, 4.69) is 40.1 Å². The molecular weight excluding hydrogens is 304 g/mol. The van der Waals surface area contributed by atoms with E-state index < -0.39 is 0 Å². The fourth-order valence-electron chi connectivity index (χ4n) is 2.90. The van der Waals surface area contributed by atoms with Crippen molar-refractivity contribution in [3.63, 3.8) is 0 Å². The van der Waals surface area contributed by atoms with Crippen LogP contribution >= 0.6 is 15.9 Å². The number of pyridine rings is 1. The van der Waals surface area contributed by atoms with E-state index in [0.29, 0.717) is 23.4 Å². The van der Waals surface area contributed by atoms with Gasteiger partial charge in [-0.25, -0.2) is 4.98 Å². The summed E-state index contributed by atoms with van der Waals surface area (Å²) in [5, 5.41) is 3.19. The monoisotopic (exact) mass is 324 g/mol. The van der Waals surface area contributed by atoms with Crippen LogP contribution in [0.5, 0.6) is 0 Å². The molecule has 0 saturated heterocycles. The van der Waals surface area contributed by atoms with E-state index >= 15 is 0 Å². The number of nitrogens with zero attached hydrogens (tertiary/aromatic N) is 1. The average Bonchev–Trinajstić information content (AvgIpc) is 2.39. The SMILES string of the molecule is CC(C)C1CCCCC1NC(=O)c1ccc(Br)nc1. The summed E-state index contributed by atoms with van der Waals surface area (Å²) < 4.78 is 0.752. The summed E-state index contributed by atoms with van der Waals surface area (Å²) in [5.41, 5.74) is 0.635. The normalized spacial score (nSPS) is 23.4. The number of carbonyl (C=O) groups is 1. The third-order valence-corrected chi connectivity index (χ3v) is 4.45. The van der Waals surface area contributed by atoms with Crippen molar-refractivity contribution in [1.29, 1.82) is 0 Å². The quantitative estimate of drug-likeness (QED) is 0.859. The molecule has 19 heavy (non-hydrogen) atoms. The molecule has 2 rings (SSSR count). The van der Waals surface area contributed by atoms with Gasteiger partial charge in [-0.05, 0) is 52.7 Å². The maximum absolute atomic E-state index is 12.2. The van der Waals surface area contributed by atoms with Crippen molar-refractivity contribution in [2.45, 2.75) is 45.6 Å². The third kappa shape index (κ3) is 3.78. The second-order valence-electron chi connectivity index (χ2n) is 5.64. The van der Waals surface area contributed by atoms with Gasteiger partial charge in [-0.15, -0.1) is 0 Å². The Bertz CT molecular complexity index is 430. The molecule has 1 fully saturated rings. The zero-order valence-electron chi connectivity index (χ0n) is 11.5. The van der Waals surface area contributed by atoms with Crippen molar-refractivity contribution < 1.29 is 4.79 Å². The lowest BCUT2D eigenvalue weighted by atomic mass is 9.78. The maximum atomic E-state index is 12.2. The standard InChI is InChI=1S/C15H21BrN2O/c1-10(2)12-5-3-4-6-13(12)18-15(19)11-7-8-14(16)17-9-11/h7-10,12-13H,3-6H2,1-2H3,(H,18,19). The maximum Gasteiger partial charge on any atom is 0.253 e. The smallest absolute Gasteiger partial charge is 0.253 e. The third-order valence-electron chi connectivity index (χ3n) is 3.98. The first-order valence-electron chi connectivity index (χ1n) is 7.00. The first-order chi connectivity index (χ1) is 9.08. The molecule has 3 nitrogen and oxygen atoms in total. The fraction of sp³-hybridized carbons (Fsp3) is 0.600. The second-order valence-corrected chi connectivity index (χ2v) is 6.45. The Morgan fingerprint density at radius 2 is 2.11 bits per heavy atom. The molecule has 2 atom stereocenters. The molecule has 0 aliphatic heterocycles. The topological polar surface area (TPSA) is 42.0 Å². The molecule has 0 radical (unpaired) electrons. The van der Waals surface area contributed by atoms with E-state index in [0.717, 1.165) is 11.0 Å². The summed E-state index contributed by atoms with van der Waals surface area (Å²) >= 11 is 3.28. The van der Waals surface area contributed by atoms with Crippen molar-refractivity contribution >= 4 is 21.8 Å². The van der Waals surface area contributed by atoms with Crippen LogP contribution < -0.4 is 5.32 Å². The van der Waals surface area contributed by atoms with Crippen LogP contribution in [0.25, 0.3) is 0 Å². The molecule has 0 bridgehead atoms. The predicted molar refractivity (Wildman–Crippen MR) is 80.0 cm³/mol. The molecule has 104 valence electrons. The number of rotatable bonds is 3. The zero-order chi connectivity index (χ0) is 13.8. The summed E-state index contributed by atoms with van der Waals surface area (Å²) in [6.45, 7) is 4.49.